The van der Waals surface area contributed by atoms with Gasteiger partial charge in [-0.3, -0.25) is 4.79 Å². The van der Waals surface area contributed by atoms with Gasteiger partial charge in [0.15, 0.2) is 0 Å². The molecule has 6 heteroatoms. The zero-order chi connectivity index (χ0) is 14.0. The molecule has 0 aromatic carbocycles. The Hall–Kier alpha value is -1.30. The quantitative estimate of drug-likeness (QED) is 0.754. The molecule has 0 aromatic heterocycles. The summed E-state index contributed by atoms with van der Waals surface area (Å²) in [6, 6.07) is 0.0893. The lowest BCUT2D eigenvalue weighted by molar-refractivity contribution is -0.143. The van der Waals surface area contributed by atoms with Gasteiger partial charge in [-0.2, -0.15) is 0 Å². The number of likely N-dealkylation sites (N-methyl/N-ethyl adjacent to an activating group) is 1. The Kier molecular flexibility index (Phi) is 4.29. The molecule has 2 saturated heterocycles. The Bertz CT molecular complexity index is 353. The van der Waals surface area contributed by atoms with E-state index in [2.05, 4.69) is 11.9 Å². The number of piperidine rings is 1. The number of amides is 2. The van der Waals surface area contributed by atoms with Gasteiger partial charge in [0.25, 0.3) is 0 Å². The summed E-state index contributed by atoms with van der Waals surface area (Å²) in [6.07, 6.45) is 1.13. The number of urea groups is 1. The van der Waals surface area contributed by atoms with Crippen LogP contribution in [0.15, 0.2) is 0 Å². The van der Waals surface area contributed by atoms with E-state index in [0.717, 1.165) is 26.2 Å². The highest BCUT2D eigenvalue weighted by Crippen LogP contribution is 2.24. The van der Waals surface area contributed by atoms with E-state index in [1.165, 1.54) is 0 Å². The zero-order valence-electron chi connectivity index (χ0n) is 11.7. The van der Waals surface area contributed by atoms with Crippen LogP contribution in [0.3, 0.4) is 0 Å². The van der Waals surface area contributed by atoms with Crippen LogP contribution in [0, 0.1) is 5.92 Å². The summed E-state index contributed by atoms with van der Waals surface area (Å²) in [7, 11) is 2.06. The smallest absolute Gasteiger partial charge is 0.320 e. The number of aliphatic carboxylic acids is 1. The number of carboxylic acids is 1. The third kappa shape index (κ3) is 3.18. The number of carbonyl (C=O) groups is 2. The molecular formula is C13H23N3O3. The highest BCUT2D eigenvalue weighted by molar-refractivity contribution is 5.76. The standard InChI is InChI=1S/C13H23N3O3/c1-10-9-11(12(17)18)3-4-16(10)13(19)15-7-5-14(2)6-8-15/h10-11H,3-9H2,1-2H3,(H,17,18). The molecule has 2 aliphatic heterocycles. The molecule has 0 radical (unpaired) electrons. The van der Waals surface area contributed by atoms with Crippen LogP contribution in [0.5, 0.6) is 0 Å². The van der Waals surface area contributed by atoms with E-state index in [-0.39, 0.29) is 18.0 Å². The molecule has 0 aliphatic carbocycles. The maximum atomic E-state index is 12.4. The molecule has 6 nitrogen and oxygen atoms in total. The van der Waals surface area contributed by atoms with Crippen LogP contribution in [0.25, 0.3) is 0 Å². The maximum absolute atomic E-state index is 12.4. The van der Waals surface area contributed by atoms with Gasteiger partial charge in [0.2, 0.25) is 0 Å². The minimum absolute atomic E-state index is 0.0157. The Morgan fingerprint density at radius 2 is 1.74 bits per heavy atom. The third-order valence-electron chi connectivity index (χ3n) is 4.24. The van der Waals surface area contributed by atoms with E-state index in [1.54, 1.807) is 0 Å². The molecular weight excluding hydrogens is 246 g/mol. The van der Waals surface area contributed by atoms with Gasteiger partial charge in [-0.25, -0.2) is 4.79 Å². The minimum Gasteiger partial charge on any atom is -0.481 e. The second kappa shape index (κ2) is 5.77. The Balaban J connectivity index is 1.91. The normalized spacial score (nSPS) is 29.4. The SMILES string of the molecule is CC1CC(C(=O)O)CCN1C(=O)N1CCN(C)CC1. The van der Waals surface area contributed by atoms with Crippen molar-refractivity contribution in [2.75, 3.05) is 39.8 Å². The molecule has 0 spiro atoms. The van der Waals surface area contributed by atoms with E-state index >= 15 is 0 Å². The molecule has 2 rings (SSSR count). The summed E-state index contributed by atoms with van der Waals surface area (Å²) in [5.41, 5.74) is 0. The lowest BCUT2D eigenvalue weighted by Crippen LogP contribution is -2.55. The van der Waals surface area contributed by atoms with Crippen molar-refractivity contribution in [1.29, 1.82) is 0 Å². The number of hydrogen-bond acceptors (Lipinski definition) is 3. The van der Waals surface area contributed by atoms with Gasteiger partial charge in [-0.05, 0) is 26.8 Å². The van der Waals surface area contributed by atoms with Crippen LogP contribution >= 0.6 is 0 Å². The largest absolute Gasteiger partial charge is 0.481 e. The second-order valence-electron chi connectivity index (χ2n) is 5.67. The molecule has 2 aliphatic rings. The first-order valence-corrected chi connectivity index (χ1v) is 6.96. The Morgan fingerprint density at radius 3 is 2.26 bits per heavy atom. The molecule has 2 fully saturated rings. The summed E-state index contributed by atoms with van der Waals surface area (Å²) in [4.78, 5) is 29.4. The molecule has 0 aromatic rings. The number of carboxylic acid groups (broad SMARTS) is 1. The lowest BCUT2D eigenvalue weighted by atomic mass is 9.92. The van der Waals surface area contributed by atoms with E-state index in [0.29, 0.717) is 19.4 Å². The zero-order valence-corrected chi connectivity index (χ0v) is 11.7. The van der Waals surface area contributed by atoms with Crippen LogP contribution in [0.2, 0.25) is 0 Å². The van der Waals surface area contributed by atoms with E-state index in [9.17, 15) is 9.59 Å². The molecule has 1 N–H and O–H groups in total. The van der Waals surface area contributed by atoms with Gasteiger partial charge in [0, 0.05) is 38.8 Å². The van der Waals surface area contributed by atoms with E-state index in [1.807, 2.05) is 16.7 Å². The third-order valence-corrected chi connectivity index (χ3v) is 4.24. The molecule has 2 amide bonds. The summed E-state index contributed by atoms with van der Waals surface area (Å²) in [5, 5.41) is 9.04. The molecule has 0 bridgehead atoms. The highest BCUT2D eigenvalue weighted by Gasteiger charge is 2.34. The monoisotopic (exact) mass is 269 g/mol. The number of nitrogens with zero attached hydrogens (tertiary/aromatic N) is 3. The second-order valence-corrected chi connectivity index (χ2v) is 5.67. The average molecular weight is 269 g/mol. The first-order chi connectivity index (χ1) is 8.99. The van der Waals surface area contributed by atoms with Gasteiger partial charge in [-0.1, -0.05) is 0 Å². The Morgan fingerprint density at radius 1 is 1.11 bits per heavy atom. The van der Waals surface area contributed by atoms with Gasteiger partial charge in [-0.15, -0.1) is 0 Å². The fraction of sp³-hybridized carbons (Fsp3) is 0.846. The van der Waals surface area contributed by atoms with Crippen molar-refractivity contribution in [2.24, 2.45) is 5.92 Å². The van der Waals surface area contributed by atoms with E-state index < -0.39 is 5.97 Å². The van der Waals surface area contributed by atoms with E-state index in [4.69, 9.17) is 5.11 Å². The lowest BCUT2D eigenvalue weighted by Gasteiger charge is -2.41. The fourth-order valence-corrected chi connectivity index (χ4v) is 2.86. The number of rotatable bonds is 1. The van der Waals surface area contributed by atoms with Crippen LogP contribution in [0.4, 0.5) is 4.79 Å². The van der Waals surface area contributed by atoms with Crippen LogP contribution in [-0.2, 0) is 4.79 Å². The molecule has 108 valence electrons. The topological polar surface area (TPSA) is 64.1 Å². The van der Waals surface area contributed by atoms with Gasteiger partial charge < -0.3 is 19.8 Å². The van der Waals surface area contributed by atoms with Crippen LogP contribution in [0.1, 0.15) is 19.8 Å². The van der Waals surface area contributed by atoms with Crippen LogP contribution in [-0.4, -0.2) is 77.6 Å². The number of hydrogen-bond donors (Lipinski definition) is 1. The summed E-state index contributed by atoms with van der Waals surface area (Å²) in [6.45, 7) is 5.85. The first-order valence-electron chi connectivity index (χ1n) is 6.96. The number of likely N-dealkylation sites (tertiary alicyclic amines) is 1. The molecule has 2 unspecified atom stereocenters. The predicted octanol–water partition coefficient (Wildman–Crippen LogP) is 0.539. The highest BCUT2D eigenvalue weighted by atomic mass is 16.4. The molecule has 0 saturated carbocycles. The van der Waals surface area contributed by atoms with Crippen molar-refractivity contribution in [1.82, 2.24) is 14.7 Å². The van der Waals surface area contributed by atoms with Crippen molar-refractivity contribution < 1.29 is 14.7 Å². The minimum atomic E-state index is -0.737. The Labute approximate surface area is 114 Å². The fourth-order valence-electron chi connectivity index (χ4n) is 2.86. The van der Waals surface area contributed by atoms with Gasteiger partial charge in [0.1, 0.15) is 0 Å². The van der Waals surface area contributed by atoms with Crippen molar-refractivity contribution in [3.8, 4) is 0 Å². The van der Waals surface area contributed by atoms with Crippen LogP contribution < -0.4 is 0 Å². The maximum Gasteiger partial charge on any atom is 0.320 e. The van der Waals surface area contributed by atoms with Crippen molar-refractivity contribution in [3.05, 3.63) is 0 Å². The van der Waals surface area contributed by atoms with Crippen molar-refractivity contribution in [3.63, 3.8) is 0 Å². The summed E-state index contributed by atoms with van der Waals surface area (Å²) in [5.74, 6) is -1.04. The van der Waals surface area contributed by atoms with Gasteiger partial charge >= 0.3 is 12.0 Å². The molecule has 19 heavy (non-hydrogen) atoms. The number of carbonyl (C=O) groups excluding carboxylic acids is 1. The number of piperazine rings is 1. The average Bonchev–Trinajstić information content (AvgIpc) is 2.38. The summed E-state index contributed by atoms with van der Waals surface area (Å²) < 4.78 is 0. The molecule has 2 atom stereocenters. The summed E-state index contributed by atoms with van der Waals surface area (Å²) >= 11 is 0. The molecule has 2 heterocycles. The van der Waals surface area contributed by atoms with Gasteiger partial charge in [0.05, 0.1) is 5.92 Å². The first kappa shape index (κ1) is 14.1. The van der Waals surface area contributed by atoms with Crippen molar-refractivity contribution in [2.45, 2.75) is 25.8 Å². The van der Waals surface area contributed by atoms with Crippen molar-refractivity contribution >= 4 is 12.0 Å². The predicted molar refractivity (Wildman–Crippen MR) is 71.0 cm³/mol.